The summed E-state index contributed by atoms with van der Waals surface area (Å²) in [6, 6.07) is 13.4. The van der Waals surface area contributed by atoms with Gasteiger partial charge in [-0.25, -0.2) is 0 Å². The first kappa shape index (κ1) is 20.5. The zero-order valence-corrected chi connectivity index (χ0v) is 18.7. The molecule has 2 fully saturated rings. The Morgan fingerprint density at radius 2 is 1.68 bits per heavy atom. The number of hydrogen-bond donors (Lipinski definition) is 1. The van der Waals surface area contributed by atoms with Gasteiger partial charge in [0.15, 0.2) is 0 Å². The van der Waals surface area contributed by atoms with E-state index in [1.54, 1.807) is 0 Å². The van der Waals surface area contributed by atoms with Gasteiger partial charge in [0.05, 0.1) is 18.9 Å². The van der Waals surface area contributed by atoms with Crippen LogP contribution in [0.5, 0.6) is 0 Å². The number of aromatic nitrogens is 2. The number of rotatable bonds is 5. The molecule has 1 aromatic carbocycles. The summed E-state index contributed by atoms with van der Waals surface area (Å²) < 4.78 is 5.49. The quantitative estimate of drug-likeness (QED) is 0.686. The first-order valence-electron chi connectivity index (χ1n) is 11.6. The number of ether oxygens (including phenoxy) is 1. The molecular formula is C25H33N5O. The molecule has 3 aromatic rings. The van der Waals surface area contributed by atoms with E-state index in [0.717, 1.165) is 77.0 Å². The predicted molar refractivity (Wildman–Crippen MR) is 127 cm³/mol. The fourth-order valence-electron chi connectivity index (χ4n) is 4.77. The van der Waals surface area contributed by atoms with Crippen LogP contribution in [0.25, 0.3) is 22.2 Å². The van der Waals surface area contributed by atoms with Crippen molar-refractivity contribution >= 4 is 16.6 Å². The Kier molecular flexibility index (Phi) is 5.94. The van der Waals surface area contributed by atoms with Gasteiger partial charge in [-0.05, 0) is 37.7 Å². The van der Waals surface area contributed by atoms with Gasteiger partial charge >= 0.3 is 0 Å². The first-order chi connectivity index (χ1) is 15.2. The molecule has 0 bridgehead atoms. The molecule has 2 saturated heterocycles. The smallest absolute Gasteiger partial charge is 0.0799 e. The van der Waals surface area contributed by atoms with Crippen molar-refractivity contribution in [2.75, 3.05) is 63.9 Å². The Bertz CT molecular complexity index is 1010. The highest BCUT2D eigenvalue weighted by Gasteiger charge is 2.17. The Morgan fingerprint density at radius 1 is 0.935 bits per heavy atom. The van der Waals surface area contributed by atoms with Crippen LogP contribution in [-0.2, 0) is 11.3 Å². The van der Waals surface area contributed by atoms with E-state index in [-0.39, 0.29) is 0 Å². The number of anilines is 1. The number of fused-ring (bicyclic) bond motifs is 1. The third-order valence-electron chi connectivity index (χ3n) is 6.62. The van der Waals surface area contributed by atoms with Crippen molar-refractivity contribution in [3.8, 4) is 11.3 Å². The lowest BCUT2D eigenvalue weighted by molar-refractivity contribution is 0.0337. The molecule has 0 aliphatic carbocycles. The average Bonchev–Trinajstić information content (AvgIpc) is 3.21. The standard InChI is InChI=1S/C25H33N5O/c1-3-28-8-10-30(11-9-28)22-6-4-20(5-7-22)25-23-17-21(18-29-12-14-31-15-13-29)27-24(23)16-19(2)26-25/h4-7,16-17,27H,3,8-15,18H2,1-2H3. The minimum Gasteiger partial charge on any atom is -0.379 e. The maximum absolute atomic E-state index is 5.49. The highest BCUT2D eigenvalue weighted by atomic mass is 16.5. The number of likely N-dealkylation sites (N-methyl/N-ethyl adjacent to an activating group) is 1. The van der Waals surface area contributed by atoms with Gasteiger partial charge in [-0.2, -0.15) is 0 Å². The summed E-state index contributed by atoms with van der Waals surface area (Å²) in [6.45, 7) is 14.5. The minimum atomic E-state index is 0.825. The molecule has 6 heteroatoms. The third-order valence-corrected chi connectivity index (χ3v) is 6.62. The number of nitrogens with zero attached hydrogens (tertiary/aromatic N) is 4. The van der Waals surface area contributed by atoms with Gasteiger partial charge in [-0.15, -0.1) is 0 Å². The normalized spacial score (nSPS) is 18.7. The van der Waals surface area contributed by atoms with Crippen molar-refractivity contribution in [2.45, 2.75) is 20.4 Å². The molecule has 0 unspecified atom stereocenters. The predicted octanol–water partition coefficient (Wildman–Crippen LogP) is 3.51. The third kappa shape index (κ3) is 4.47. The number of piperazine rings is 1. The monoisotopic (exact) mass is 419 g/mol. The Morgan fingerprint density at radius 3 is 2.39 bits per heavy atom. The van der Waals surface area contributed by atoms with Crippen LogP contribution in [0.15, 0.2) is 36.4 Å². The summed E-state index contributed by atoms with van der Waals surface area (Å²) in [5.74, 6) is 0. The van der Waals surface area contributed by atoms with Crippen molar-refractivity contribution in [2.24, 2.45) is 0 Å². The van der Waals surface area contributed by atoms with Crippen molar-refractivity contribution in [3.63, 3.8) is 0 Å². The highest BCUT2D eigenvalue weighted by molar-refractivity contribution is 5.94. The van der Waals surface area contributed by atoms with Crippen molar-refractivity contribution in [1.82, 2.24) is 19.8 Å². The fourth-order valence-corrected chi connectivity index (χ4v) is 4.77. The number of benzene rings is 1. The summed E-state index contributed by atoms with van der Waals surface area (Å²) in [5.41, 5.74) is 7.03. The highest BCUT2D eigenvalue weighted by Crippen LogP contribution is 2.30. The largest absolute Gasteiger partial charge is 0.379 e. The molecule has 2 aliphatic heterocycles. The number of H-pyrrole nitrogens is 1. The van der Waals surface area contributed by atoms with Gasteiger partial charge in [0, 0.05) is 79.4 Å². The first-order valence-corrected chi connectivity index (χ1v) is 11.6. The molecule has 6 nitrogen and oxygen atoms in total. The van der Waals surface area contributed by atoms with Crippen LogP contribution in [0.1, 0.15) is 18.3 Å². The molecule has 2 aromatic heterocycles. The van der Waals surface area contributed by atoms with Crippen LogP contribution in [-0.4, -0.2) is 78.8 Å². The molecule has 0 radical (unpaired) electrons. The molecule has 0 spiro atoms. The Balaban J connectivity index is 1.38. The second-order valence-electron chi connectivity index (χ2n) is 8.72. The maximum atomic E-state index is 5.49. The van der Waals surface area contributed by atoms with E-state index < -0.39 is 0 Å². The van der Waals surface area contributed by atoms with Crippen molar-refractivity contribution in [1.29, 1.82) is 0 Å². The second kappa shape index (κ2) is 8.99. The van der Waals surface area contributed by atoms with Gasteiger partial charge in [0.1, 0.15) is 0 Å². The van der Waals surface area contributed by atoms with E-state index in [1.807, 2.05) is 0 Å². The molecule has 0 atom stereocenters. The number of pyridine rings is 1. The van der Waals surface area contributed by atoms with Crippen molar-refractivity contribution in [3.05, 3.63) is 47.8 Å². The zero-order chi connectivity index (χ0) is 21.2. The Labute approximate surface area is 184 Å². The lowest BCUT2D eigenvalue weighted by Crippen LogP contribution is -2.46. The van der Waals surface area contributed by atoms with Gasteiger partial charge in [0.25, 0.3) is 0 Å². The summed E-state index contributed by atoms with van der Waals surface area (Å²) in [4.78, 5) is 16.0. The van der Waals surface area contributed by atoms with E-state index in [2.05, 4.69) is 69.9 Å². The summed E-state index contributed by atoms with van der Waals surface area (Å²) >= 11 is 0. The SMILES string of the molecule is CCN1CCN(c2ccc(-c3nc(C)cc4[nH]c(CN5CCOCC5)cc34)cc2)CC1. The summed E-state index contributed by atoms with van der Waals surface area (Å²) in [5, 5.41) is 1.21. The molecule has 2 aliphatic rings. The molecular weight excluding hydrogens is 386 g/mol. The number of aromatic amines is 1. The molecule has 0 amide bonds. The van der Waals surface area contributed by atoms with E-state index >= 15 is 0 Å². The number of hydrogen-bond acceptors (Lipinski definition) is 5. The molecule has 164 valence electrons. The Hall–Kier alpha value is -2.41. The number of nitrogens with one attached hydrogen (secondary N) is 1. The molecule has 31 heavy (non-hydrogen) atoms. The van der Waals surface area contributed by atoms with E-state index in [9.17, 15) is 0 Å². The zero-order valence-electron chi connectivity index (χ0n) is 18.7. The number of aryl methyl sites for hydroxylation is 1. The van der Waals surface area contributed by atoms with Crippen LogP contribution >= 0.6 is 0 Å². The van der Waals surface area contributed by atoms with Crippen LogP contribution in [0.4, 0.5) is 5.69 Å². The fraction of sp³-hybridized carbons (Fsp3) is 0.480. The van der Waals surface area contributed by atoms with Crippen LogP contribution in [0, 0.1) is 6.92 Å². The minimum absolute atomic E-state index is 0.825. The van der Waals surface area contributed by atoms with Crippen LogP contribution < -0.4 is 4.90 Å². The molecule has 5 rings (SSSR count). The van der Waals surface area contributed by atoms with E-state index in [0.29, 0.717) is 0 Å². The van der Waals surface area contributed by atoms with Crippen LogP contribution in [0.2, 0.25) is 0 Å². The van der Waals surface area contributed by atoms with Gasteiger partial charge in [0.2, 0.25) is 0 Å². The van der Waals surface area contributed by atoms with E-state index in [1.165, 1.54) is 27.8 Å². The van der Waals surface area contributed by atoms with Crippen molar-refractivity contribution < 1.29 is 4.74 Å². The lowest BCUT2D eigenvalue weighted by Gasteiger charge is -2.35. The number of morpholine rings is 1. The van der Waals surface area contributed by atoms with Gasteiger partial charge in [-0.3, -0.25) is 9.88 Å². The van der Waals surface area contributed by atoms with Crippen LogP contribution in [0.3, 0.4) is 0 Å². The van der Waals surface area contributed by atoms with Gasteiger partial charge < -0.3 is 19.5 Å². The average molecular weight is 420 g/mol. The molecule has 4 heterocycles. The second-order valence-corrected chi connectivity index (χ2v) is 8.72. The molecule has 0 saturated carbocycles. The maximum Gasteiger partial charge on any atom is 0.0799 e. The van der Waals surface area contributed by atoms with E-state index in [4.69, 9.17) is 9.72 Å². The summed E-state index contributed by atoms with van der Waals surface area (Å²) in [7, 11) is 0. The molecule has 1 N–H and O–H groups in total. The lowest BCUT2D eigenvalue weighted by atomic mass is 10.1. The summed E-state index contributed by atoms with van der Waals surface area (Å²) in [6.07, 6.45) is 0. The van der Waals surface area contributed by atoms with Gasteiger partial charge in [-0.1, -0.05) is 19.1 Å². The topological polar surface area (TPSA) is 47.6 Å².